The van der Waals surface area contributed by atoms with Crippen molar-refractivity contribution in [2.75, 3.05) is 0 Å². The van der Waals surface area contributed by atoms with E-state index in [2.05, 4.69) is 11.1 Å². The molecule has 0 aliphatic carbocycles. The minimum atomic E-state index is -0.0684. The molecule has 2 nitrogen and oxygen atoms in total. The molecule has 1 aromatic heterocycles. The van der Waals surface area contributed by atoms with E-state index in [-0.39, 0.29) is 5.92 Å². The molecule has 2 aromatic rings. The van der Waals surface area contributed by atoms with E-state index in [1.165, 1.54) is 0 Å². The molecule has 1 atom stereocenters. The summed E-state index contributed by atoms with van der Waals surface area (Å²) in [7, 11) is 0. The first-order valence-electron chi connectivity index (χ1n) is 4.55. The zero-order valence-corrected chi connectivity index (χ0v) is 7.94. The predicted molar refractivity (Wildman–Crippen MR) is 55.8 cm³/mol. The van der Waals surface area contributed by atoms with Crippen molar-refractivity contribution >= 4 is 10.8 Å². The Morgan fingerprint density at radius 3 is 3.00 bits per heavy atom. The summed E-state index contributed by atoms with van der Waals surface area (Å²) in [5.74, 6) is -0.0684. The fourth-order valence-corrected chi connectivity index (χ4v) is 1.59. The standard InChI is InChI=1S/C12H10N2/c1-9(7-13)11-4-2-3-10-8-14-6-5-12(10)11/h2-6,8-9H,1H3. The van der Waals surface area contributed by atoms with Crippen LogP contribution in [0.1, 0.15) is 18.4 Å². The maximum Gasteiger partial charge on any atom is 0.0701 e. The van der Waals surface area contributed by atoms with Gasteiger partial charge in [0.15, 0.2) is 0 Å². The van der Waals surface area contributed by atoms with Crippen LogP contribution in [0.3, 0.4) is 0 Å². The number of fused-ring (bicyclic) bond motifs is 1. The van der Waals surface area contributed by atoms with E-state index in [0.29, 0.717) is 0 Å². The van der Waals surface area contributed by atoms with Crippen LogP contribution in [0.2, 0.25) is 0 Å². The number of hydrogen-bond acceptors (Lipinski definition) is 2. The zero-order chi connectivity index (χ0) is 9.97. The number of nitriles is 1. The van der Waals surface area contributed by atoms with E-state index in [1.807, 2.05) is 37.4 Å². The number of aromatic nitrogens is 1. The van der Waals surface area contributed by atoms with Gasteiger partial charge in [0.25, 0.3) is 0 Å². The predicted octanol–water partition coefficient (Wildman–Crippen LogP) is 2.86. The number of nitrogens with zero attached hydrogens (tertiary/aromatic N) is 2. The summed E-state index contributed by atoms with van der Waals surface area (Å²) in [6.45, 7) is 1.91. The summed E-state index contributed by atoms with van der Waals surface area (Å²) in [6.07, 6.45) is 3.58. The fraction of sp³-hybridized carbons (Fsp3) is 0.167. The average Bonchev–Trinajstić information content (AvgIpc) is 2.27. The number of hydrogen-bond donors (Lipinski definition) is 0. The summed E-state index contributed by atoms with van der Waals surface area (Å²) < 4.78 is 0. The topological polar surface area (TPSA) is 36.7 Å². The van der Waals surface area contributed by atoms with Crippen LogP contribution in [0.4, 0.5) is 0 Å². The number of benzene rings is 1. The molecule has 0 bridgehead atoms. The van der Waals surface area contributed by atoms with E-state index in [4.69, 9.17) is 5.26 Å². The Kier molecular flexibility index (Phi) is 2.16. The molecule has 0 N–H and O–H groups in total. The lowest BCUT2D eigenvalue weighted by Gasteiger charge is -2.06. The van der Waals surface area contributed by atoms with Crippen molar-refractivity contribution in [1.29, 1.82) is 5.26 Å². The Balaban J connectivity index is 2.72. The Bertz CT molecular complexity index is 492. The van der Waals surface area contributed by atoms with Crippen molar-refractivity contribution in [2.24, 2.45) is 0 Å². The second-order valence-corrected chi connectivity index (χ2v) is 3.29. The van der Waals surface area contributed by atoms with Gasteiger partial charge < -0.3 is 0 Å². The molecule has 2 heteroatoms. The van der Waals surface area contributed by atoms with E-state index in [9.17, 15) is 0 Å². The second-order valence-electron chi connectivity index (χ2n) is 3.29. The first-order valence-corrected chi connectivity index (χ1v) is 4.55. The molecule has 14 heavy (non-hydrogen) atoms. The summed E-state index contributed by atoms with van der Waals surface area (Å²) in [5.41, 5.74) is 1.08. The van der Waals surface area contributed by atoms with Crippen LogP contribution >= 0.6 is 0 Å². The second kappa shape index (κ2) is 3.47. The fourth-order valence-electron chi connectivity index (χ4n) is 1.59. The molecule has 1 aromatic carbocycles. The number of rotatable bonds is 1. The smallest absolute Gasteiger partial charge is 0.0701 e. The lowest BCUT2D eigenvalue weighted by molar-refractivity contribution is 0.994. The third-order valence-electron chi connectivity index (χ3n) is 2.37. The van der Waals surface area contributed by atoms with Gasteiger partial charge >= 0.3 is 0 Å². The molecule has 68 valence electrons. The van der Waals surface area contributed by atoms with Crippen LogP contribution in [0, 0.1) is 11.3 Å². The van der Waals surface area contributed by atoms with Crippen LogP contribution in [-0.4, -0.2) is 4.98 Å². The molecule has 1 unspecified atom stereocenters. The molecule has 2 rings (SSSR count). The highest BCUT2D eigenvalue weighted by atomic mass is 14.6. The van der Waals surface area contributed by atoms with Gasteiger partial charge in [-0.25, -0.2) is 0 Å². The van der Waals surface area contributed by atoms with E-state index >= 15 is 0 Å². The minimum absolute atomic E-state index is 0.0684. The molecule has 0 saturated carbocycles. The Morgan fingerprint density at radius 1 is 1.36 bits per heavy atom. The normalized spacial score (nSPS) is 12.3. The van der Waals surface area contributed by atoms with Gasteiger partial charge in [-0.2, -0.15) is 5.26 Å². The molecule has 0 spiro atoms. The molecule has 1 heterocycles. The van der Waals surface area contributed by atoms with Gasteiger partial charge in [0.05, 0.1) is 12.0 Å². The van der Waals surface area contributed by atoms with Crippen LogP contribution in [0.5, 0.6) is 0 Å². The van der Waals surface area contributed by atoms with E-state index < -0.39 is 0 Å². The molecule has 0 fully saturated rings. The van der Waals surface area contributed by atoms with Crippen molar-refractivity contribution in [3.8, 4) is 6.07 Å². The summed E-state index contributed by atoms with van der Waals surface area (Å²) >= 11 is 0. The molecular weight excluding hydrogens is 172 g/mol. The van der Waals surface area contributed by atoms with Crippen LogP contribution in [0.25, 0.3) is 10.8 Å². The van der Waals surface area contributed by atoms with Gasteiger partial charge in [-0.3, -0.25) is 4.98 Å². The Labute approximate surface area is 82.8 Å². The molecule has 0 aliphatic rings. The van der Waals surface area contributed by atoms with Crippen molar-refractivity contribution in [1.82, 2.24) is 4.98 Å². The SMILES string of the molecule is CC(C#N)c1cccc2cnccc12. The van der Waals surface area contributed by atoms with Gasteiger partial charge in [0.1, 0.15) is 0 Å². The highest BCUT2D eigenvalue weighted by molar-refractivity contribution is 5.85. The van der Waals surface area contributed by atoms with Gasteiger partial charge in [0, 0.05) is 17.8 Å². The summed E-state index contributed by atoms with van der Waals surface area (Å²) in [4.78, 5) is 4.06. The van der Waals surface area contributed by atoms with Crippen LogP contribution < -0.4 is 0 Å². The van der Waals surface area contributed by atoms with Gasteiger partial charge in [-0.15, -0.1) is 0 Å². The van der Waals surface area contributed by atoms with Gasteiger partial charge in [0.2, 0.25) is 0 Å². The van der Waals surface area contributed by atoms with E-state index in [0.717, 1.165) is 16.3 Å². The molecule has 0 amide bonds. The lowest BCUT2D eigenvalue weighted by atomic mass is 9.97. The molecule has 0 saturated heterocycles. The molecule has 0 radical (unpaired) electrons. The molecule has 0 aliphatic heterocycles. The highest BCUT2D eigenvalue weighted by Gasteiger charge is 2.07. The lowest BCUT2D eigenvalue weighted by Crippen LogP contribution is -1.91. The largest absolute Gasteiger partial charge is 0.264 e. The zero-order valence-electron chi connectivity index (χ0n) is 7.94. The molecular formula is C12H10N2. The highest BCUT2D eigenvalue weighted by Crippen LogP contribution is 2.23. The van der Waals surface area contributed by atoms with Crippen LogP contribution in [-0.2, 0) is 0 Å². The maximum absolute atomic E-state index is 8.88. The average molecular weight is 182 g/mol. The summed E-state index contributed by atoms with van der Waals surface area (Å²) in [6, 6.07) is 10.2. The van der Waals surface area contributed by atoms with Crippen LogP contribution in [0.15, 0.2) is 36.7 Å². The quantitative estimate of drug-likeness (QED) is 0.680. The third kappa shape index (κ3) is 1.33. The number of pyridine rings is 1. The van der Waals surface area contributed by atoms with E-state index in [1.54, 1.807) is 6.20 Å². The van der Waals surface area contributed by atoms with Crippen molar-refractivity contribution in [3.63, 3.8) is 0 Å². The monoisotopic (exact) mass is 182 g/mol. The third-order valence-corrected chi connectivity index (χ3v) is 2.37. The van der Waals surface area contributed by atoms with Crippen molar-refractivity contribution in [2.45, 2.75) is 12.8 Å². The summed E-state index contributed by atoms with van der Waals surface area (Å²) in [5, 5.41) is 11.1. The Morgan fingerprint density at radius 2 is 2.21 bits per heavy atom. The van der Waals surface area contributed by atoms with Gasteiger partial charge in [-0.05, 0) is 23.9 Å². The first kappa shape index (κ1) is 8.71. The van der Waals surface area contributed by atoms with Crippen molar-refractivity contribution < 1.29 is 0 Å². The maximum atomic E-state index is 8.88. The first-order chi connectivity index (χ1) is 6.83. The Hall–Kier alpha value is -1.88. The minimum Gasteiger partial charge on any atom is -0.264 e. The van der Waals surface area contributed by atoms with Gasteiger partial charge in [-0.1, -0.05) is 18.2 Å². The van der Waals surface area contributed by atoms with Crippen molar-refractivity contribution in [3.05, 3.63) is 42.2 Å².